The van der Waals surface area contributed by atoms with Crippen LogP contribution in [0.3, 0.4) is 0 Å². The number of carbonyl (C=O) groups excluding carboxylic acids is 4. The average molecular weight is 1520 g/mol. The summed E-state index contributed by atoms with van der Waals surface area (Å²) >= 11 is 0. The second-order valence-electron chi connectivity index (χ2n) is 30.6. The van der Waals surface area contributed by atoms with Crippen LogP contribution in [0.25, 0.3) is 0 Å². The van der Waals surface area contributed by atoms with Crippen molar-refractivity contribution < 1.29 is 80.2 Å². The number of aliphatic hydroxyl groups excluding tert-OH is 1. The van der Waals surface area contributed by atoms with Crippen molar-refractivity contribution in [2.45, 2.75) is 483 Å². The molecule has 104 heavy (non-hydrogen) atoms. The molecule has 0 aromatic heterocycles. The van der Waals surface area contributed by atoms with E-state index in [4.69, 9.17) is 37.0 Å². The van der Waals surface area contributed by atoms with Gasteiger partial charge in [0, 0.05) is 25.7 Å². The van der Waals surface area contributed by atoms with E-state index in [9.17, 15) is 43.2 Å². The summed E-state index contributed by atoms with van der Waals surface area (Å²) in [5.74, 6) is -2.10. The van der Waals surface area contributed by atoms with E-state index in [1.165, 1.54) is 283 Å². The van der Waals surface area contributed by atoms with Gasteiger partial charge in [-0.2, -0.15) is 0 Å². The highest BCUT2D eigenvalue weighted by Crippen LogP contribution is 2.45. The van der Waals surface area contributed by atoms with Crippen LogP contribution >= 0.6 is 15.6 Å². The number of carbonyl (C=O) groups is 4. The van der Waals surface area contributed by atoms with Crippen molar-refractivity contribution in [2.24, 2.45) is 0 Å². The lowest BCUT2D eigenvalue weighted by Gasteiger charge is -2.21. The van der Waals surface area contributed by atoms with E-state index in [1.54, 1.807) is 0 Å². The maximum Gasteiger partial charge on any atom is 0.472 e. The first-order chi connectivity index (χ1) is 50.7. The molecular formula is C85H166O17P2. The van der Waals surface area contributed by atoms with Crippen LogP contribution < -0.4 is 0 Å². The fraction of sp³-hybridized carbons (Fsp3) is 0.953. The quantitative estimate of drug-likeness (QED) is 0.0222. The van der Waals surface area contributed by atoms with Gasteiger partial charge in [-0.1, -0.05) is 413 Å². The topological polar surface area (TPSA) is 237 Å². The Hall–Kier alpha value is -1.94. The van der Waals surface area contributed by atoms with Gasteiger partial charge in [0.1, 0.15) is 19.3 Å². The minimum Gasteiger partial charge on any atom is -0.462 e. The van der Waals surface area contributed by atoms with E-state index in [0.717, 1.165) is 103 Å². The van der Waals surface area contributed by atoms with Gasteiger partial charge in [0.2, 0.25) is 0 Å². The van der Waals surface area contributed by atoms with Gasteiger partial charge in [-0.05, 0) is 25.7 Å². The summed E-state index contributed by atoms with van der Waals surface area (Å²) in [7, 11) is -9.92. The highest BCUT2D eigenvalue weighted by Gasteiger charge is 2.30. The van der Waals surface area contributed by atoms with Gasteiger partial charge in [0.15, 0.2) is 12.2 Å². The summed E-state index contributed by atoms with van der Waals surface area (Å²) < 4.78 is 68.7. The largest absolute Gasteiger partial charge is 0.472 e. The Labute approximate surface area is 638 Å². The average Bonchev–Trinajstić information content (AvgIpc) is 0.913. The molecular weight excluding hydrogens is 1350 g/mol. The van der Waals surface area contributed by atoms with E-state index in [-0.39, 0.29) is 25.7 Å². The molecule has 0 aliphatic rings. The second-order valence-corrected chi connectivity index (χ2v) is 33.5. The Bertz CT molecular complexity index is 1960. The van der Waals surface area contributed by atoms with Crippen LogP contribution in [0.5, 0.6) is 0 Å². The van der Waals surface area contributed by atoms with Crippen molar-refractivity contribution in [3.05, 3.63) is 0 Å². The lowest BCUT2D eigenvalue weighted by Crippen LogP contribution is -2.30. The molecule has 0 spiro atoms. The third-order valence-electron chi connectivity index (χ3n) is 20.1. The van der Waals surface area contributed by atoms with Crippen molar-refractivity contribution in [3.63, 3.8) is 0 Å². The number of esters is 4. The second kappa shape index (κ2) is 79.2. The molecule has 0 heterocycles. The van der Waals surface area contributed by atoms with Gasteiger partial charge in [-0.25, -0.2) is 9.13 Å². The maximum atomic E-state index is 13.1. The van der Waals surface area contributed by atoms with Crippen LogP contribution in [0.15, 0.2) is 0 Å². The van der Waals surface area contributed by atoms with E-state index in [0.29, 0.717) is 25.7 Å². The Kier molecular flexibility index (Phi) is 77.7. The number of hydrogen-bond donors (Lipinski definition) is 3. The van der Waals surface area contributed by atoms with E-state index in [2.05, 4.69) is 27.7 Å². The predicted octanol–water partition coefficient (Wildman–Crippen LogP) is 26.1. The minimum absolute atomic E-state index is 0.109. The Morgan fingerprint density at radius 2 is 0.385 bits per heavy atom. The van der Waals surface area contributed by atoms with Crippen molar-refractivity contribution in [1.29, 1.82) is 0 Å². The SMILES string of the molecule is CCCCCCCCCCCCCCCCCCCCCCCC(=O)O[C@H](COC(=O)CCCCCCCCCCCCCCCCCCCCCC)COP(=O)(O)OC[C@@H](O)COP(=O)(O)OC[C@@H](COC(=O)CCCCCCCCC)OC(=O)CCCCCCCCCCCCCCCCCC. The number of rotatable bonds is 86. The van der Waals surface area contributed by atoms with E-state index < -0.39 is 97.5 Å². The molecule has 19 heteroatoms. The summed E-state index contributed by atoms with van der Waals surface area (Å²) in [6.45, 7) is 5.01. The predicted molar refractivity (Wildman–Crippen MR) is 428 cm³/mol. The van der Waals surface area contributed by atoms with Crippen molar-refractivity contribution in [3.8, 4) is 0 Å². The zero-order chi connectivity index (χ0) is 76.0. The number of ether oxygens (including phenoxy) is 4. The van der Waals surface area contributed by atoms with Crippen molar-refractivity contribution in [2.75, 3.05) is 39.6 Å². The monoisotopic (exact) mass is 1520 g/mol. The van der Waals surface area contributed by atoms with Crippen LogP contribution in [-0.2, 0) is 65.4 Å². The third kappa shape index (κ3) is 78.2. The van der Waals surface area contributed by atoms with Gasteiger partial charge >= 0.3 is 39.5 Å². The molecule has 0 aliphatic heterocycles. The van der Waals surface area contributed by atoms with Gasteiger partial charge in [0.25, 0.3) is 0 Å². The zero-order valence-electron chi connectivity index (χ0n) is 68.0. The first kappa shape index (κ1) is 102. The van der Waals surface area contributed by atoms with Gasteiger partial charge < -0.3 is 33.8 Å². The molecule has 0 aromatic carbocycles. The number of aliphatic hydroxyl groups is 1. The number of unbranched alkanes of at least 4 members (excludes halogenated alkanes) is 60. The smallest absolute Gasteiger partial charge is 0.462 e. The van der Waals surface area contributed by atoms with Crippen LogP contribution in [0, 0.1) is 0 Å². The molecule has 0 amide bonds. The minimum atomic E-state index is -4.96. The first-order valence-electron chi connectivity index (χ1n) is 44.3. The zero-order valence-corrected chi connectivity index (χ0v) is 69.8. The molecule has 0 fully saturated rings. The van der Waals surface area contributed by atoms with Crippen LogP contribution in [0.1, 0.15) is 464 Å². The van der Waals surface area contributed by atoms with E-state index >= 15 is 0 Å². The van der Waals surface area contributed by atoms with Crippen LogP contribution in [0.4, 0.5) is 0 Å². The highest BCUT2D eigenvalue weighted by molar-refractivity contribution is 7.47. The van der Waals surface area contributed by atoms with Crippen molar-refractivity contribution in [1.82, 2.24) is 0 Å². The summed E-state index contributed by atoms with van der Waals surface area (Å²) in [6.07, 6.45) is 73.9. The Morgan fingerprint density at radius 3 is 0.567 bits per heavy atom. The number of phosphoric ester groups is 2. The molecule has 3 N–H and O–H groups in total. The molecule has 0 radical (unpaired) electrons. The fourth-order valence-electron chi connectivity index (χ4n) is 13.3. The maximum absolute atomic E-state index is 13.1. The fourth-order valence-corrected chi connectivity index (χ4v) is 14.9. The normalized spacial score (nSPS) is 13.7. The van der Waals surface area contributed by atoms with Gasteiger partial charge in [-0.3, -0.25) is 37.3 Å². The molecule has 0 aliphatic carbocycles. The van der Waals surface area contributed by atoms with Gasteiger partial charge in [0.05, 0.1) is 26.4 Å². The highest BCUT2D eigenvalue weighted by atomic mass is 31.2. The van der Waals surface area contributed by atoms with Crippen LogP contribution in [0.2, 0.25) is 0 Å². The Balaban J connectivity index is 5.15. The first-order valence-corrected chi connectivity index (χ1v) is 47.3. The summed E-state index contributed by atoms with van der Waals surface area (Å²) in [4.78, 5) is 73.0. The molecule has 5 atom stereocenters. The molecule has 2 unspecified atom stereocenters. The summed E-state index contributed by atoms with van der Waals surface area (Å²) in [5, 5.41) is 10.6. The molecule has 0 rings (SSSR count). The molecule has 0 bridgehead atoms. The van der Waals surface area contributed by atoms with Gasteiger partial charge in [-0.15, -0.1) is 0 Å². The van der Waals surface area contributed by atoms with Crippen LogP contribution in [-0.4, -0.2) is 96.7 Å². The summed E-state index contributed by atoms with van der Waals surface area (Å²) in [5.41, 5.74) is 0. The van der Waals surface area contributed by atoms with Crippen molar-refractivity contribution >= 4 is 39.5 Å². The molecule has 618 valence electrons. The Morgan fingerprint density at radius 1 is 0.231 bits per heavy atom. The molecule has 0 saturated heterocycles. The standard InChI is InChI=1S/C85H166O17P2/c1-5-9-13-17-21-24-27-30-33-36-38-40-42-44-47-50-53-56-60-64-68-72-85(90)102-81(76-96-83(88)70-66-62-58-54-51-48-46-43-41-39-37-34-31-28-25-22-18-14-10-6-2)78-100-104(93,94)98-74-79(86)73-97-103(91,92)99-77-80(75-95-82(87)69-65-61-57-20-16-12-8-4)101-84(89)71-67-63-59-55-52-49-45-35-32-29-26-23-19-15-11-7-3/h79-81,86H,5-78H2,1-4H3,(H,91,92)(H,93,94)/t79-,80+,81+/m0/s1. The molecule has 0 saturated carbocycles. The summed E-state index contributed by atoms with van der Waals surface area (Å²) in [6, 6.07) is 0. The molecule has 0 aromatic rings. The lowest BCUT2D eigenvalue weighted by atomic mass is 10.0. The number of phosphoric acid groups is 2. The lowest BCUT2D eigenvalue weighted by molar-refractivity contribution is -0.161. The van der Waals surface area contributed by atoms with E-state index in [1.807, 2.05) is 0 Å². The number of hydrogen-bond acceptors (Lipinski definition) is 15. The molecule has 17 nitrogen and oxygen atoms in total. The third-order valence-corrected chi connectivity index (χ3v) is 22.0.